The molecule has 20 heavy (non-hydrogen) atoms. The molecule has 1 aromatic carbocycles. The van der Waals surface area contributed by atoms with Crippen LogP contribution < -0.4 is 10.1 Å². The summed E-state index contributed by atoms with van der Waals surface area (Å²) in [5.41, 5.74) is 3.00. The molecule has 2 unspecified atom stereocenters. The van der Waals surface area contributed by atoms with Gasteiger partial charge in [0.05, 0.1) is 0 Å². The van der Waals surface area contributed by atoms with Gasteiger partial charge in [0.2, 0.25) is 0 Å². The summed E-state index contributed by atoms with van der Waals surface area (Å²) in [7, 11) is 0. The van der Waals surface area contributed by atoms with E-state index in [1.165, 1.54) is 30.4 Å². The highest BCUT2D eigenvalue weighted by atomic mass is 16.5. The minimum absolute atomic E-state index is 0.0271. The van der Waals surface area contributed by atoms with E-state index in [4.69, 9.17) is 4.74 Å². The van der Waals surface area contributed by atoms with Crippen molar-refractivity contribution >= 4 is 0 Å². The van der Waals surface area contributed by atoms with Crippen molar-refractivity contribution in [3.63, 3.8) is 0 Å². The third kappa shape index (κ3) is 2.24. The molecule has 110 valence electrons. The van der Waals surface area contributed by atoms with Gasteiger partial charge >= 0.3 is 0 Å². The van der Waals surface area contributed by atoms with E-state index >= 15 is 0 Å². The molecule has 1 aliphatic heterocycles. The quantitative estimate of drug-likeness (QED) is 0.879. The lowest BCUT2D eigenvalue weighted by molar-refractivity contribution is -0.0133. The van der Waals surface area contributed by atoms with Crippen molar-refractivity contribution in [3.05, 3.63) is 29.3 Å². The van der Waals surface area contributed by atoms with E-state index in [1.54, 1.807) is 0 Å². The summed E-state index contributed by atoms with van der Waals surface area (Å²) in [5.74, 6) is 1.09. The average Bonchev–Trinajstić information content (AvgIpc) is 3.16. The summed E-state index contributed by atoms with van der Waals surface area (Å²) in [4.78, 5) is 0. The Labute approximate surface area is 122 Å². The maximum atomic E-state index is 6.47. The molecule has 0 bridgehead atoms. The zero-order valence-electron chi connectivity index (χ0n) is 13.3. The lowest BCUT2D eigenvalue weighted by Crippen LogP contribution is -2.47. The molecule has 2 atom stereocenters. The number of nitrogens with one attached hydrogen (secondary N) is 1. The van der Waals surface area contributed by atoms with E-state index in [2.05, 4.69) is 51.2 Å². The second kappa shape index (κ2) is 4.77. The molecule has 2 aliphatic rings. The number of fused-ring (bicyclic) bond motifs is 1. The number of rotatable bonds is 4. The molecule has 3 rings (SSSR count). The highest BCUT2D eigenvalue weighted by molar-refractivity contribution is 5.42. The van der Waals surface area contributed by atoms with Crippen LogP contribution in [0.15, 0.2) is 18.2 Å². The molecule has 2 heteroatoms. The van der Waals surface area contributed by atoms with Crippen LogP contribution in [0.5, 0.6) is 5.75 Å². The fourth-order valence-electron chi connectivity index (χ4n) is 3.40. The first-order valence-electron chi connectivity index (χ1n) is 8.00. The molecule has 2 nitrogen and oxygen atoms in total. The summed E-state index contributed by atoms with van der Waals surface area (Å²) < 4.78 is 6.47. The first-order valence-corrected chi connectivity index (χ1v) is 8.00. The highest BCUT2D eigenvalue weighted by Crippen LogP contribution is 2.59. The van der Waals surface area contributed by atoms with E-state index in [9.17, 15) is 0 Å². The maximum Gasteiger partial charge on any atom is 0.124 e. The van der Waals surface area contributed by atoms with E-state index in [-0.39, 0.29) is 5.60 Å². The minimum atomic E-state index is -0.0271. The van der Waals surface area contributed by atoms with Gasteiger partial charge < -0.3 is 10.1 Å². The van der Waals surface area contributed by atoms with Crippen LogP contribution in [0.4, 0.5) is 0 Å². The first kappa shape index (κ1) is 13.9. The van der Waals surface area contributed by atoms with Gasteiger partial charge in [-0.1, -0.05) is 31.5 Å². The normalized spacial score (nSPS) is 30.5. The third-order valence-corrected chi connectivity index (χ3v) is 5.39. The molecule has 0 spiro atoms. The number of hydrogen-bond acceptors (Lipinski definition) is 2. The van der Waals surface area contributed by atoms with E-state index < -0.39 is 0 Å². The second-order valence-corrected chi connectivity index (χ2v) is 7.15. The van der Waals surface area contributed by atoms with Crippen LogP contribution in [0, 0.1) is 12.3 Å². The van der Waals surface area contributed by atoms with Gasteiger partial charge in [0.15, 0.2) is 0 Å². The van der Waals surface area contributed by atoms with Crippen molar-refractivity contribution < 1.29 is 4.74 Å². The smallest absolute Gasteiger partial charge is 0.124 e. The summed E-state index contributed by atoms with van der Waals surface area (Å²) in [6.07, 6.45) is 4.85. The van der Waals surface area contributed by atoms with Crippen molar-refractivity contribution in [2.75, 3.05) is 6.54 Å². The Kier molecular flexibility index (Phi) is 3.32. The van der Waals surface area contributed by atoms with E-state index in [1.807, 2.05) is 0 Å². The van der Waals surface area contributed by atoms with Gasteiger partial charge in [0.1, 0.15) is 11.4 Å². The fourth-order valence-corrected chi connectivity index (χ4v) is 3.40. The monoisotopic (exact) mass is 273 g/mol. The van der Waals surface area contributed by atoms with Crippen LogP contribution in [0.3, 0.4) is 0 Å². The Bertz CT molecular complexity index is 506. The molecule has 1 N–H and O–H groups in total. The van der Waals surface area contributed by atoms with Gasteiger partial charge in [-0.3, -0.25) is 0 Å². The van der Waals surface area contributed by atoms with Crippen molar-refractivity contribution in [2.45, 2.75) is 65.0 Å². The van der Waals surface area contributed by atoms with E-state index in [0.717, 1.165) is 18.7 Å². The lowest BCUT2D eigenvalue weighted by Gasteiger charge is -2.44. The van der Waals surface area contributed by atoms with Crippen molar-refractivity contribution in [3.8, 4) is 5.75 Å². The molecule has 1 fully saturated rings. The Hall–Kier alpha value is -1.02. The van der Waals surface area contributed by atoms with Crippen molar-refractivity contribution in [2.24, 2.45) is 5.41 Å². The molecule has 0 amide bonds. The standard InChI is InChI=1S/C18H27NO/c1-5-10-19-15-12-18(4,17(3)8-9-17)20-16-7-6-13(2)11-14(15)16/h6-7,11,15,19H,5,8-10,12H2,1-4H3. The van der Waals surface area contributed by atoms with Crippen molar-refractivity contribution in [1.82, 2.24) is 5.32 Å². The van der Waals surface area contributed by atoms with Crippen LogP contribution in [-0.2, 0) is 0 Å². The third-order valence-electron chi connectivity index (χ3n) is 5.39. The molecular weight excluding hydrogens is 246 g/mol. The van der Waals surface area contributed by atoms with Gasteiger partial charge in [0, 0.05) is 23.4 Å². The zero-order valence-corrected chi connectivity index (χ0v) is 13.3. The topological polar surface area (TPSA) is 21.3 Å². The SMILES string of the molecule is CCCNC1CC(C)(C2(C)CC2)Oc2ccc(C)cc21. The predicted octanol–water partition coefficient (Wildman–Crippen LogP) is 4.38. The summed E-state index contributed by atoms with van der Waals surface area (Å²) >= 11 is 0. The number of benzene rings is 1. The van der Waals surface area contributed by atoms with Gasteiger partial charge in [-0.05, 0) is 45.7 Å². The summed E-state index contributed by atoms with van der Waals surface area (Å²) in [6, 6.07) is 7.05. The Morgan fingerprint density at radius 2 is 2.05 bits per heavy atom. The highest BCUT2D eigenvalue weighted by Gasteiger charge is 2.57. The molecular formula is C18H27NO. The summed E-state index contributed by atoms with van der Waals surface area (Å²) in [5, 5.41) is 3.73. The van der Waals surface area contributed by atoms with E-state index in [0.29, 0.717) is 11.5 Å². The minimum Gasteiger partial charge on any atom is -0.487 e. The molecule has 0 aromatic heterocycles. The van der Waals surface area contributed by atoms with Crippen LogP contribution in [-0.4, -0.2) is 12.1 Å². The molecule has 1 aromatic rings. The molecule has 0 radical (unpaired) electrons. The fraction of sp³-hybridized carbons (Fsp3) is 0.667. The lowest BCUT2D eigenvalue weighted by atomic mass is 9.78. The molecule has 1 heterocycles. The zero-order chi connectivity index (χ0) is 14.4. The predicted molar refractivity (Wildman–Crippen MR) is 83.2 cm³/mol. The van der Waals surface area contributed by atoms with Crippen LogP contribution in [0.2, 0.25) is 0 Å². The van der Waals surface area contributed by atoms with Gasteiger partial charge in [-0.2, -0.15) is 0 Å². The maximum absolute atomic E-state index is 6.47. The van der Waals surface area contributed by atoms with Crippen LogP contribution >= 0.6 is 0 Å². The first-order chi connectivity index (χ1) is 9.47. The van der Waals surface area contributed by atoms with Crippen LogP contribution in [0.25, 0.3) is 0 Å². The number of hydrogen-bond donors (Lipinski definition) is 1. The Balaban J connectivity index is 1.94. The molecule has 0 saturated heterocycles. The van der Waals surface area contributed by atoms with Gasteiger partial charge in [0.25, 0.3) is 0 Å². The summed E-state index contributed by atoms with van der Waals surface area (Å²) in [6.45, 7) is 10.1. The van der Waals surface area contributed by atoms with Crippen molar-refractivity contribution in [1.29, 1.82) is 0 Å². The Morgan fingerprint density at radius 3 is 2.70 bits per heavy atom. The van der Waals surface area contributed by atoms with Gasteiger partial charge in [-0.25, -0.2) is 0 Å². The van der Waals surface area contributed by atoms with Gasteiger partial charge in [-0.15, -0.1) is 0 Å². The number of ether oxygens (including phenoxy) is 1. The Morgan fingerprint density at radius 1 is 1.30 bits per heavy atom. The molecule has 1 aliphatic carbocycles. The van der Waals surface area contributed by atoms with Crippen LogP contribution in [0.1, 0.15) is 63.6 Å². The molecule has 1 saturated carbocycles. The number of aryl methyl sites for hydroxylation is 1. The largest absolute Gasteiger partial charge is 0.487 e. The second-order valence-electron chi connectivity index (χ2n) is 7.15. The average molecular weight is 273 g/mol.